The minimum Gasteiger partial charge on any atom is -0.434 e. The zero-order valence-electron chi connectivity index (χ0n) is 13.8. The lowest BCUT2D eigenvalue weighted by Crippen LogP contribution is -2.34. The minimum atomic E-state index is -2.91. The molecule has 0 saturated heterocycles. The monoisotopic (exact) mass is 350 g/mol. The Kier molecular flexibility index (Phi) is 7.16. The molecule has 0 unspecified atom stereocenters. The maximum absolute atomic E-state index is 12.4. The number of benzene rings is 2. The van der Waals surface area contributed by atoms with E-state index in [1.165, 1.54) is 6.07 Å². The standard InChI is InChI=1S/C18H20F2N2O3/c1-24-12-15-8-3-2-6-13(15)10-21-18(23)22-11-14-7-4-5-9-16(14)25-17(19)20/h2-9,17H,10-12H2,1H3,(H2,21,22,23). The van der Waals surface area contributed by atoms with Crippen LogP contribution >= 0.6 is 0 Å². The molecule has 134 valence electrons. The Morgan fingerprint density at radius 1 is 0.960 bits per heavy atom. The Balaban J connectivity index is 1.88. The van der Waals surface area contributed by atoms with Crippen molar-refractivity contribution in [3.8, 4) is 5.75 Å². The first-order valence-electron chi connectivity index (χ1n) is 7.70. The van der Waals surface area contributed by atoms with Crippen molar-refractivity contribution >= 4 is 6.03 Å². The lowest BCUT2D eigenvalue weighted by molar-refractivity contribution is -0.0504. The molecule has 0 aliphatic rings. The number of methoxy groups -OCH3 is 1. The third-order valence-electron chi connectivity index (χ3n) is 3.49. The highest BCUT2D eigenvalue weighted by Gasteiger charge is 2.10. The summed E-state index contributed by atoms with van der Waals surface area (Å²) < 4.78 is 34.3. The number of amides is 2. The molecule has 0 bridgehead atoms. The van der Waals surface area contributed by atoms with E-state index in [4.69, 9.17) is 4.74 Å². The highest BCUT2D eigenvalue weighted by Crippen LogP contribution is 2.19. The molecule has 0 heterocycles. The van der Waals surface area contributed by atoms with Crippen molar-refractivity contribution < 1.29 is 23.0 Å². The predicted octanol–water partition coefficient (Wildman–Crippen LogP) is 3.43. The number of carbonyl (C=O) groups is 1. The molecule has 0 spiro atoms. The zero-order chi connectivity index (χ0) is 18.1. The fourth-order valence-electron chi connectivity index (χ4n) is 2.30. The van der Waals surface area contributed by atoms with Crippen molar-refractivity contribution in [2.24, 2.45) is 0 Å². The van der Waals surface area contributed by atoms with Gasteiger partial charge in [-0.25, -0.2) is 4.79 Å². The van der Waals surface area contributed by atoms with Gasteiger partial charge in [0, 0.05) is 25.8 Å². The number of hydrogen-bond donors (Lipinski definition) is 2. The van der Waals surface area contributed by atoms with Gasteiger partial charge >= 0.3 is 12.6 Å². The summed E-state index contributed by atoms with van der Waals surface area (Å²) in [7, 11) is 1.61. The van der Waals surface area contributed by atoms with Gasteiger partial charge in [0.1, 0.15) is 5.75 Å². The summed E-state index contributed by atoms with van der Waals surface area (Å²) in [6, 6.07) is 13.5. The molecule has 2 amide bonds. The SMILES string of the molecule is COCc1ccccc1CNC(=O)NCc1ccccc1OC(F)F. The lowest BCUT2D eigenvalue weighted by Gasteiger charge is -2.13. The van der Waals surface area contributed by atoms with Gasteiger partial charge in [0.25, 0.3) is 0 Å². The number of alkyl halides is 2. The maximum atomic E-state index is 12.4. The normalized spacial score (nSPS) is 10.6. The van der Waals surface area contributed by atoms with E-state index < -0.39 is 12.6 Å². The van der Waals surface area contributed by atoms with Crippen LogP contribution in [0.2, 0.25) is 0 Å². The van der Waals surface area contributed by atoms with Crippen LogP contribution in [-0.2, 0) is 24.4 Å². The number of carbonyl (C=O) groups excluding carboxylic acids is 1. The molecule has 0 atom stereocenters. The van der Waals surface area contributed by atoms with Crippen LogP contribution in [0, 0.1) is 0 Å². The van der Waals surface area contributed by atoms with E-state index in [0.717, 1.165) is 11.1 Å². The largest absolute Gasteiger partial charge is 0.434 e. The smallest absolute Gasteiger partial charge is 0.387 e. The van der Waals surface area contributed by atoms with Gasteiger partial charge in [0.2, 0.25) is 0 Å². The van der Waals surface area contributed by atoms with Gasteiger partial charge in [-0.05, 0) is 17.2 Å². The fourth-order valence-corrected chi connectivity index (χ4v) is 2.30. The molecule has 7 heteroatoms. The Morgan fingerprint density at radius 2 is 1.52 bits per heavy atom. The van der Waals surface area contributed by atoms with Crippen LogP contribution in [0.15, 0.2) is 48.5 Å². The Labute approximate surface area is 144 Å². The molecule has 2 aromatic rings. The van der Waals surface area contributed by atoms with E-state index in [1.807, 2.05) is 24.3 Å². The van der Waals surface area contributed by atoms with E-state index in [0.29, 0.717) is 18.7 Å². The Hall–Kier alpha value is -2.67. The molecule has 0 aliphatic carbocycles. The van der Waals surface area contributed by atoms with Gasteiger partial charge in [0.15, 0.2) is 0 Å². The van der Waals surface area contributed by atoms with Crippen LogP contribution in [0.1, 0.15) is 16.7 Å². The van der Waals surface area contributed by atoms with E-state index in [2.05, 4.69) is 15.4 Å². The summed E-state index contributed by atoms with van der Waals surface area (Å²) in [5, 5.41) is 5.36. The van der Waals surface area contributed by atoms with Crippen molar-refractivity contribution in [2.45, 2.75) is 26.3 Å². The topological polar surface area (TPSA) is 59.6 Å². The summed E-state index contributed by atoms with van der Waals surface area (Å²) in [5.74, 6) is 0.0447. The van der Waals surface area contributed by atoms with Crippen molar-refractivity contribution in [3.63, 3.8) is 0 Å². The summed E-state index contributed by atoms with van der Waals surface area (Å²) in [6.07, 6.45) is 0. The first kappa shape index (κ1) is 18.7. The van der Waals surface area contributed by atoms with Crippen LogP contribution in [0.3, 0.4) is 0 Å². The second-order valence-corrected chi connectivity index (χ2v) is 5.22. The summed E-state index contributed by atoms with van der Waals surface area (Å²) in [6.45, 7) is -2.04. The van der Waals surface area contributed by atoms with Gasteiger partial charge in [-0.15, -0.1) is 0 Å². The third-order valence-corrected chi connectivity index (χ3v) is 3.49. The van der Waals surface area contributed by atoms with Crippen LogP contribution < -0.4 is 15.4 Å². The lowest BCUT2D eigenvalue weighted by atomic mass is 10.1. The minimum absolute atomic E-state index is 0.0447. The van der Waals surface area contributed by atoms with E-state index in [9.17, 15) is 13.6 Å². The van der Waals surface area contributed by atoms with Gasteiger partial charge in [0.05, 0.1) is 6.61 Å². The molecule has 2 aromatic carbocycles. The molecule has 0 radical (unpaired) electrons. The summed E-state index contributed by atoms with van der Waals surface area (Å²) >= 11 is 0. The highest BCUT2D eigenvalue weighted by molar-refractivity contribution is 5.74. The van der Waals surface area contributed by atoms with Crippen molar-refractivity contribution in [1.29, 1.82) is 0 Å². The molecule has 2 rings (SSSR count). The van der Waals surface area contributed by atoms with Crippen molar-refractivity contribution in [1.82, 2.24) is 10.6 Å². The summed E-state index contributed by atoms with van der Waals surface area (Å²) in [4.78, 5) is 11.9. The number of urea groups is 1. The number of nitrogens with one attached hydrogen (secondary N) is 2. The van der Waals surface area contributed by atoms with E-state index >= 15 is 0 Å². The zero-order valence-corrected chi connectivity index (χ0v) is 13.8. The molecule has 5 nitrogen and oxygen atoms in total. The number of hydrogen-bond acceptors (Lipinski definition) is 3. The van der Waals surface area contributed by atoms with Crippen LogP contribution in [0.4, 0.5) is 13.6 Å². The van der Waals surface area contributed by atoms with Crippen LogP contribution in [-0.4, -0.2) is 19.8 Å². The molecule has 25 heavy (non-hydrogen) atoms. The molecule has 0 saturated carbocycles. The second kappa shape index (κ2) is 9.58. The first-order valence-corrected chi connectivity index (χ1v) is 7.70. The van der Waals surface area contributed by atoms with Gasteiger partial charge < -0.3 is 20.1 Å². The number of para-hydroxylation sites is 1. The quantitative estimate of drug-likeness (QED) is 0.767. The molecule has 2 N–H and O–H groups in total. The van der Waals surface area contributed by atoms with E-state index in [-0.39, 0.29) is 12.3 Å². The Morgan fingerprint density at radius 3 is 2.16 bits per heavy atom. The van der Waals surface area contributed by atoms with Gasteiger partial charge in [-0.1, -0.05) is 42.5 Å². The van der Waals surface area contributed by atoms with Crippen LogP contribution in [0.25, 0.3) is 0 Å². The molecule has 0 aliphatic heterocycles. The third kappa shape index (κ3) is 6.04. The number of rotatable bonds is 8. The number of ether oxygens (including phenoxy) is 2. The molecule has 0 fully saturated rings. The molecular formula is C18H20F2N2O3. The van der Waals surface area contributed by atoms with E-state index in [1.54, 1.807) is 25.3 Å². The number of halogens is 2. The average Bonchev–Trinajstić information content (AvgIpc) is 2.60. The van der Waals surface area contributed by atoms with Gasteiger partial charge in [-0.2, -0.15) is 8.78 Å². The predicted molar refractivity (Wildman–Crippen MR) is 89.3 cm³/mol. The molecular weight excluding hydrogens is 330 g/mol. The average molecular weight is 350 g/mol. The highest BCUT2D eigenvalue weighted by atomic mass is 19.3. The first-order chi connectivity index (χ1) is 12.1. The summed E-state index contributed by atoms with van der Waals surface area (Å²) in [5.41, 5.74) is 2.40. The van der Waals surface area contributed by atoms with Crippen LogP contribution in [0.5, 0.6) is 5.75 Å². The second-order valence-electron chi connectivity index (χ2n) is 5.22. The van der Waals surface area contributed by atoms with Gasteiger partial charge in [-0.3, -0.25) is 0 Å². The van der Waals surface area contributed by atoms with Crippen molar-refractivity contribution in [2.75, 3.05) is 7.11 Å². The maximum Gasteiger partial charge on any atom is 0.387 e. The fraction of sp³-hybridized carbons (Fsp3) is 0.278. The molecule has 0 aromatic heterocycles. The Bertz CT molecular complexity index is 696. The van der Waals surface area contributed by atoms with Crippen molar-refractivity contribution in [3.05, 3.63) is 65.2 Å².